The molecule has 0 aliphatic heterocycles. The van der Waals surface area contributed by atoms with Crippen LogP contribution in [0.25, 0.3) is 32.7 Å². The van der Waals surface area contributed by atoms with Crippen molar-refractivity contribution in [3.8, 4) is 45.6 Å². The number of likely N-dealkylation sites (N-methyl/N-ethyl adjacent to an activating group) is 1. The molecule has 0 heterocycles. The van der Waals surface area contributed by atoms with Crippen LogP contribution in [0.1, 0.15) is 62.8 Å². The van der Waals surface area contributed by atoms with E-state index in [9.17, 15) is 20.4 Å². The number of hydrogen-bond acceptors (Lipinski definition) is 10. The van der Waals surface area contributed by atoms with Crippen LogP contribution in [0.5, 0.6) is 34.5 Å². The van der Waals surface area contributed by atoms with Gasteiger partial charge in [0.05, 0.1) is 13.2 Å². The van der Waals surface area contributed by atoms with Crippen LogP contribution in [0, 0.1) is 0 Å². The van der Waals surface area contributed by atoms with Crippen LogP contribution in [0.2, 0.25) is 0 Å². The lowest BCUT2D eigenvalue weighted by atomic mass is 9.90. The Labute approximate surface area is 366 Å². The van der Waals surface area contributed by atoms with Gasteiger partial charge in [0.25, 0.3) is 0 Å². The van der Waals surface area contributed by atoms with Gasteiger partial charge in [-0.15, -0.1) is 0 Å². The monoisotopic (exact) mass is 844 g/mol. The number of aromatic hydroxyl groups is 2. The Morgan fingerprint density at radius 1 is 0.484 bits per heavy atom. The van der Waals surface area contributed by atoms with E-state index in [1.165, 1.54) is 0 Å². The molecular weight excluding hydrogens is 781 g/mol. The first-order valence-corrected chi connectivity index (χ1v) is 22.2. The molecule has 0 amide bonds. The van der Waals surface area contributed by atoms with E-state index >= 15 is 0 Å². The molecule has 0 saturated heterocycles. The third-order valence-electron chi connectivity index (χ3n) is 11.3. The van der Waals surface area contributed by atoms with Crippen molar-refractivity contribution < 1.29 is 39.4 Å². The van der Waals surface area contributed by atoms with Crippen molar-refractivity contribution in [3.63, 3.8) is 0 Å². The normalized spacial score (nSPS) is 11.5. The molecule has 0 radical (unpaired) electrons. The van der Waals surface area contributed by atoms with Crippen LogP contribution < -0.4 is 18.9 Å². The van der Waals surface area contributed by atoms with E-state index < -0.39 is 0 Å². The summed E-state index contributed by atoms with van der Waals surface area (Å²) in [5.74, 6) is 3.08. The van der Waals surface area contributed by atoms with Gasteiger partial charge in [-0.3, -0.25) is 4.90 Å². The van der Waals surface area contributed by atoms with Gasteiger partial charge in [0.15, 0.2) is 0 Å². The van der Waals surface area contributed by atoms with Crippen LogP contribution in [0.3, 0.4) is 0 Å². The molecule has 0 bridgehead atoms. The third-order valence-corrected chi connectivity index (χ3v) is 11.3. The molecule has 62 heavy (non-hydrogen) atoms. The minimum absolute atomic E-state index is 0.117. The third kappa shape index (κ3) is 11.7. The molecule has 0 saturated carbocycles. The van der Waals surface area contributed by atoms with Gasteiger partial charge < -0.3 is 44.3 Å². The lowest BCUT2D eigenvalue weighted by Gasteiger charge is -2.22. The molecule has 0 fully saturated rings. The largest absolute Gasteiger partial charge is 0.508 e. The average molecular weight is 845 g/mol. The number of fused-ring (bicyclic) bond motifs is 2. The molecule has 0 aliphatic rings. The van der Waals surface area contributed by atoms with Crippen LogP contribution in [0.4, 0.5) is 0 Å². The minimum Gasteiger partial charge on any atom is -0.508 e. The van der Waals surface area contributed by atoms with Gasteiger partial charge in [0, 0.05) is 48.2 Å². The number of aliphatic hydroxyl groups is 2. The number of phenolic OH excluding ortho intramolecular Hbond substituents is 2. The summed E-state index contributed by atoms with van der Waals surface area (Å²) in [5, 5.41) is 45.1. The molecule has 6 aromatic carbocycles. The first-order chi connectivity index (χ1) is 30.3. The lowest BCUT2D eigenvalue weighted by Crippen LogP contribution is -2.30. The van der Waals surface area contributed by atoms with Gasteiger partial charge in [-0.1, -0.05) is 64.1 Å². The fraction of sp³-hybridized carbons (Fsp3) is 0.385. The fourth-order valence-corrected chi connectivity index (χ4v) is 8.23. The topological polar surface area (TPSA) is 124 Å². The molecule has 0 aliphatic carbocycles. The Morgan fingerprint density at radius 3 is 1.73 bits per heavy atom. The Morgan fingerprint density at radius 2 is 1.05 bits per heavy atom. The van der Waals surface area contributed by atoms with Crippen molar-refractivity contribution in [1.82, 2.24) is 9.80 Å². The van der Waals surface area contributed by atoms with Gasteiger partial charge in [-0.05, 0) is 132 Å². The lowest BCUT2D eigenvalue weighted by molar-refractivity contribution is 0.200. The van der Waals surface area contributed by atoms with Crippen molar-refractivity contribution in [1.29, 1.82) is 0 Å². The zero-order valence-electron chi connectivity index (χ0n) is 36.9. The number of ether oxygens (including phenoxy) is 4. The van der Waals surface area contributed by atoms with Crippen molar-refractivity contribution in [2.45, 2.75) is 53.4 Å². The zero-order valence-corrected chi connectivity index (χ0v) is 36.9. The molecule has 10 nitrogen and oxygen atoms in total. The molecule has 0 unspecified atom stereocenters. The predicted octanol–water partition coefficient (Wildman–Crippen LogP) is 9.22. The molecule has 10 heteroatoms. The van der Waals surface area contributed by atoms with Gasteiger partial charge >= 0.3 is 0 Å². The molecule has 0 atom stereocenters. The quantitative estimate of drug-likeness (QED) is 0.0444. The highest BCUT2D eigenvalue weighted by Gasteiger charge is 2.21. The van der Waals surface area contributed by atoms with E-state index in [0.717, 1.165) is 107 Å². The predicted molar refractivity (Wildman–Crippen MR) is 250 cm³/mol. The van der Waals surface area contributed by atoms with Crippen LogP contribution in [0.15, 0.2) is 97.1 Å². The van der Waals surface area contributed by atoms with E-state index in [1.54, 1.807) is 18.2 Å². The maximum Gasteiger partial charge on any atom is 0.127 e. The Balaban J connectivity index is 1.43. The van der Waals surface area contributed by atoms with E-state index in [-0.39, 0.29) is 37.9 Å². The number of phenols is 2. The highest BCUT2D eigenvalue weighted by Crippen LogP contribution is 2.45. The first kappa shape index (κ1) is 46.0. The number of benzene rings is 6. The number of aliphatic hydroxyl groups excluding tert-OH is 2. The van der Waals surface area contributed by atoms with Crippen molar-refractivity contribution in [2.75, 3.05) is 78.9 Å². The summed E-state index contributed by atoms with van der Waals surface area (Å²) >= 11 is 0. The van der Waals surface area contributed by atoms with Crippen molar-refractivity contribution >= 4 is 21.5 Å². The maximum absolute atomic E-state index is 11.9. The van der Waals surface area contributed by atoms with Crippen molar-refractivity contribution in [2.24, 2.45) is 0 Å². The summed E-state index contributed by atoms with van der Waals surface area (Å²) < 4.78 is 24.9. The second-order valence-corrected chi connectivity index (χ2v) is 15.6. The molecule has 0 aromatic heterocycles. The second-order valence-electron chi connectivity index (χ2n) is 15.6. The van der Waals surface area contributed by atoms with Gasteiger partial charge in [0.1, 0.15) is 60.9 Å². The van der Waals surface area contributed by atoms with Crippen LogP contribution in [-0.4, -0.2) is 109 Å². The molecule has 330 valence electrons. The highest BCUT2D eigenvalue weighted by atomic mass is 16.5. The van der Waals surface area contributed by atoms with Gasteiger partial charge in [-0.25, -0.2) is 0 Å². The first-order valence-electron chi connectivity index (χ1n) is 22.2. The molecule has 6 rings (SSSR count). The Kier molecular flexibility index (Phi) is 17.1. The van der Waals surface area contributed by atoms with Crippen molar-refractivity contribution in [3.05, 3.63) is 119 Å². The summed E-state index contributed by atoms with van der Waals surface area (Å²) in [6.45, 7) is 15.4. The molecule has 6 aromatic rings. The van der Waals surface area contributed by atoms with Crippen LogP contribution >= 0.6 is 0 Å². The summed E-state index contributed by atoms with van der Waals surface area (Å²) in [5.41, 5.74) is 5.27. The SMILES string of the molecule is CCCN(CCC)CCOc1ccc(Cc2c(OCCO)ccc3cc(O)ccc23)cc1-c1c(O)ccc2c(Cc3ccc(OCCN(CC)CC)cc3)c(OCCO)ccc12. The average Bonchev–Trinajstić information content (AvgIpc) is 3.28. The number of nitrogens with zero attached hydrogens (tertiary/aromatic N) is 2. The second kappa shape index (κ2) is 23.1. The number of rotatable bonds is 25. The molecule has 4 N–H and O–H groups in total. The summed E-state index contributed by atoms with van der Waals surface area (Å²) in [7, 11) is 0. The fourth-order valence-electron chi connectivity index (χ4n) is 8.23. The highest BCUT2D eigenvalue weighted by molar-refractivity contribution is 6.03. The smallest absolute Gasteiger partial charge is 0.127 e. The van der Waals surface area contributed by atoms with Gasteiger partial charge in [0.2, 0.25) is 0 Å². The van der Waals surface area contributed by atoms with E-state index in [4.69, 9.17) is 18.9 Å². The Bertz CT molecular complexity index is 2340. The summed E-state index contributed by atoms with van der Waals surface area (Å²) in [6, 6.07) is 31.0. The van der Waals surface area contributed by atoms with E-state index in [2.05, 4.69) is 61.8 Å². The van der Waals surface area contributed by atoms with E-state index in [1.807, 2.05) is 54.6 Å². The molecular formula is C52H64N2O8. The zero-order chi connectivity index (χ0) is 43.8. The Hall–Kier alpha value is -5.52. The standard InChI is InChI=1S/C52H64N2O8/c1-5-23-54(24-6-2)26-30-60-51-20-11-38(34-45-42-16-13-40(57)36-39(42)12-21-49(45)61-31-27-55)35-47(51)52-44-18-22-50(62-32-28-56)46(43(44)17-19-48(52)58)33-37-9-14-41(15-10-37)59-29-25-53(7-3)8-4/h9-22,35-36,55-58H,5-8,23-34H2,1-4H3. The van der Waals surface area contributed by atoms with Gasteiger partial charge in [-0.2, -0.15) is 0 Å². The summed E-state index contributed by atoms with van der Waals surface area (Å²) in [4.78, 5) is 4.75. The summed E-state index contributed by atoms with van der Waals surface area (Å²) in [6.07, 6.45) is 3.14. The van der Waals surface area contributed by atoms with Crippen LogP contribution in [-0.2, 0) is 12.8 Å². The van der Waals surface area contributed by atoms with E-state index in [0.29, 0.717) is 48.9 Å². The number of hydrogen-bond donors (Lipinski definition) is 4. The molecule has 0 spiro atoms. The maximum atomic E-state index is 11.9. The minimum atomic E-state index is -0.122.